The lowest BCUT2D eigenvalue weighted by atomic mass is 10.0. The van der Waals surface area contributed by atoms with Crippen LogP contribution in [-0.2, 0) is 6.42 Å². The molecule has 4 heteroatoms. The zero-order valence-electron chi connectivity index (χ0n) is 12.5. The summed E-state index contributed by atoms with van der Waals surface area (Å²) in [7, 11) is 1.85. The molecule has 106 valence electrons. The Labute approximate surface area is 120 Å². The van der Waals surface area contributed by atoms with E-state index < -0.39 is 0 Å². The van der Waals surface area contributed by atoms with Crippen LogP contribution in [0.2, 0.25) is 0 Å². The Balaban J connectivity index is 2.40. The van der Waals surface area contributed by atoms with E-state index in [2.05, 4.69) is 42.1 Å². The molecule has 0 bridgehead atoms. The molecule has 1 heterocycles. The van der Waals surface area contributed by atoms with Gasteiger partial charge in [0.1, 0.15) is 17.9 Å². The molecular weight excluding hydrogens is 250 g/mol. The highest BCUT2D eigenvalue weighted by Crippen LogP contribution is 2.32. The van der Waals surface area contributed by atoms with Crippen molar-refractivity contribution in [2.45, 2.75) is 33.1 Å². The molecule has 0 radical (unpaired) electrons. The van der Waals surface area contributed by atoms with Gasteiger partial charge in [0.15, 0.2) is 0 Å². The van der Waals surface area contributed by atoms with Gasteiger partial charge in [0.2, 0.25) is 5.88 Å². The van der Waals surface area contributed by atoms with Gasteiger partial charge in [-0.2, -0.15) is 0 Å². The molecule has 0 aliphatic heterocycles. The van der Waals surface area contributed by atoms with Crippen LogP contribution in [-0.4, -0.2) is 17.0 Å². The molecule has 2 rings (SSSR count). The molecule has 2 aromatic rings. The maximum absolute atomic E-state index is 6.04. The van der Waals surface area contributed by atoms with E-state index in [1.165, 1.54) is 11.9 Å². The predicted molar refractivity (Wildman–Crippen MR) is 81.6 cm³/mol. The average Bonchev–Trinajstić information content (AvgIpc) is 2.47. The largest absolute Gasteiger partial charge is 0.438 e. The topological polar surface area (TPSA) is 47.0 Å². The van der Waals surface area contributed by atoms with Crippen molar-refractivity contribution in [3.05, 3.63) is 41.7 Å². The molecule has 0 fully saturated rings. The molecule has 20 heavy (non-hydrogen) atoms. The lowest BCUT2D eigenvalue weighted by Gasteiger charge is -2.15. The molecule has 4 nitrogen and oxygen atoms in total. The van der Waals surface area contributed by atoms with Crippen LogP contribution in [0.4, 0.5) is 5.82 Å². The molecule has 0 unspecified atom stereocenters. The highest BCUT2D eigenvalue weighted by Gasteiger charge is 2.13. The van der Waals surface area contributed by atoms with E-state index in [0.29, 0.717) is 11.8 Å². The third-order valence-electron chi connectivity index (χ3n) is 3.24. The molecule has 1 aromatic heterocycles. The molecule has 0 amide bonds. The Hall–Kier alpha value is -2.10. The first kappa shape index (κ1) is 14.3. The molecule has 0 saturated heterocycles. The Bertz CT molecular complexity index is 582. The van der Waals surface area contributed by atoms with Crippen molar-refractivity contribution in [2.75, 3.05) is 12.4 Å². The van der Waals surface area contributed by atoms with Crippen LogP contribution in [0.15, 0.2) is 30.6 Å². The van der Waals surface area contributed by atoms with Gasteiger partial charge in [0, 0.05) is 7.05 Å². The van der Waals surface area contributed by atoms with E-state index in [0.717, 1.165) is 23.6 Å². The Morgan fingerprint density at radius 3 is 2.60 bits per heavy atom. The van der Waals surface area contributed by atoms with E-state index in [1.807, 2.05) is 25.2 Å². The van der Waals surface area contributed by atoms with Gasteiger partial charge in [0.05, 0.1) is 5.56 Å². The van der Waals surface area contributed by atoms with Crippen LogP contribution < -0.4 is 10.1 Å². The number of aromatic nitrogens is 2. The molecule has 0 atom stereocenters. The van der Waals surface area contributed by atoms with Crippen molar-refractivity contribution >= 4 is 5.82 Å². The summed E-state index contributed by atoms with van der Waals surface area (Å²) >= 11 is 0. The van der Waals surface area contributed by atoms with Crippen molar-refractivity contribution in [1.29, 1.82) is 0 Å². The third kappa shape index (κ3) is 2.90. The summed E-state index contributed by atoms with van der Waals surface area (Å²) in [5, 5.41) is 3.08. The van der Waals surface area contributed by atoms with Crippen LogP contribution >= 0.6 is 0 Å². The van der Waals surface area contributed by atoms with Gasteiger partial charge in [-0.25, -0.2) is 9.97 Å². The summed E-state index contributed by atoms with van der Waals surface area (Å²) < 4.78 is 6.04. The van der Waals surface area contributed by atoms with Crippen LogP contribution in [0.3, 0.4) is 0 Å². The zero-order chi connectivity index (χ0) is 14.5. The van der Waals surface area contributed by atoms with Crippen LogP contribution in [0.5, 0.6) is 11.6 Å². The van der Waals surface area contributed by atoms with Gasteiger partial charge in [-0.1, -0.05) is 39.0 Å². The Kier molecular flexibility index (Phi) is 4.56. The quantitative estimate of drug-likeness (QED) is 0.893. The first-order chi connectivity index (χ1) is 9.67. The van der Waals surface area contributed by atoms with Crippen LogP contribution in [0.25, 0.3) is 0 Å². The molecule has 0 aliphatic rings. The Morgan fingerprint density at radius 1 is 1.20 bits per heavy atom. The Morgan fingerprint density at radius 2 is 1.95 bits per heavy atom. The fourth-order valence-electron chi connectivity index (χ4n) is 2.17. The summed E-state index contributed by atoms with van der Waals surface area (Å²) in [6.07, 6.45) is 2.34. The number of benzene rings is 1. The predicted octanol–water partition coefficient (Wildman–Crippen LogP) is 4.00. The maximum Gasteiger partial charge on any atom is 0.227 e. The van der Waals surface area contributed by atoms with E-state index >= 15 is 0 Å². The van der Waals surface area contributed by atoms with Gasteiger partial charge in [-0.05, 0) is 24.0 Å². The van der Waals surface area contributed by atoms with Gasteiger partial charge < -0.3 is 10.1 Å². The van der Waals surface area contributed by atoms with E-state index in [-0.39, 0.29) is 0 Å². The molecule has 0 saturated carbocycles. The van der Waals surface area contributed by atoms with Crippen molar-refractivity contribution < 1.29 is 4.74 Å². The molecule has 0 spiro atoms. The first-order valence-corrected chi connectivity index (χ1v) is 6.95. The highest BCUT2D eigenvalue weighted by atomic mass is 16.5. The lowest BCUT2D eigenvalue weighted by Crippen LogP contribution is -2.03. The third-order valence-corrected chi connectivity index (χ3v) is 3.24. The fourth-order valence-corrected chi connectivity index (χ4v) is 2.17. The standard InChI is InChI=1S/C16H21N3O/c1-5-12-15(17-4)18-10-19-16(12)20-14-9-7-6-8-13(14)11(2)3/h6-11H,5H2,1-4H3,(H,17,18,19). The minimum atomic E-state index is 0.405. The van der Waals surface area contributed by atoms with E-state index in [1.54, 1.807) is 0 Å². The second kappa shape index (κ2) is 6.37. The smallest absolute Gasteiger partial charge is 0.227 e. The summed E-state index contributed by atoms with van der Waals surface area (Å²) in [4.78, 5) is 8.51. The summed E-state index contributed by atoms with van der Waals surface area (Å²) in [5.74, 6) is 2.71. The maximum atomic E-state index is 6.04. The number of rotatable bonds is 5. The molecule has 1 aromatic carbocycles. The SMILES string of the molecule is CCc1c(NC)ncnc1Oc1ccccc1C(C)C. The number of para-hydroxylation sites is 1. The second-order valence-corrected chi connectivity index (χ2v) is 4.90. The van der Waals surface area contributed by atoms with Crippen LogP contribution in [0, 0.1) is 0 Å². The van der Waals surface area contributed by atoms with Crippen molar-refractivity contribution in [3.8, 4) is 11.6 Å². The number of nitrogens with one attached hydrogen (secondary N) is 1. The zero-order valence-corrected chi connectivity index (χ0v) is 12.5. The molecule has 0 aliphatic carbocycles. The van der Waals surface area contributed by atoms with Gasteiger partial charge in [0.25, 0.3) is 0 Å². The monoisotopic (exact) mass is 271 g/mol. The number of hydrogen-bond acceptors (Lipinski definition) is 4. The molecule has 1 N–H and O–H groups in total. The highest BCUT2D eigenvalue weighted by molar-refractivity contribution is 5.50. The number of hydrogen-bond donors (Lipinski definition) is 1. The van der Waals surface area contributed by atoms with Crippen molar-refractivity contribution in [2.24, 2.45) is 0 Å². The second-order valence-electron chi connectivity index (χ2n) is 4.90. The average molecular weight is 271 g/mol. The number of nitrogens with zero attached hydrogens (tertiary/aromatic N) is 2. The lowest BCUT2D eigenvalue weighted by molar-refractivity contribution is 0.447. The van der Waals surface area contributed by atoms with Gasteiger partial charge in [-0.15, -0.1) is 0 Å². The van der Waals surface area contributed by atoms with Crippen LogP contribution in [0.1, 0.15) is 37.8 Å². The summed E-state index contributed by atoms with van der Waals surface area (Å²) in [6.45, 7) is 6.38. The normalized spacial score (nSPS) is 10.7. The minimum absolute atomic E-state index is 0.405. The van der Waals surface area contributed by atoms with Gasteiger partial charge >= 0.3 is 0 Å². The number of anilines is 1. The van der Waals surface area contributed by atoms with Crippen molar-refractivity contribution in [1.82, 2.24) is 9.97 Å². The minimum Gasteiger partial charge on any atom is -0.438 e. The number of ether oxygens (including phenoxy) is 1. The van der Waals surface area contributed by atoms with Crippen molar-refractivity contribution in [3.63, 3.8) is 0 Å². The van der Waals surface area contributed by atoms with Gasteiger partial charge in [-0.3, -0.25) is 0 Å². The summed E-state index contributed by atoms with van der Waals surface area (Å²) in [6, 6.07) is 8.08. The fraction of sp³-hybridized carbons (Fsp3) is 0.375. The van der Waals surface area contributed by atoms with E-state index in [4.69, 9.17) is 4.74 Å². The van der Waals surface area contributed by atoms with E-state index in [9.17, 15) is 0 Å². The molecular formula is C16H21N3O. The first-order valence-electron chi connectivity index (χ1n) is 6.95. The summed E-state index contributed by atoms with van der Waals surface area (Å²) in [5.41, 5.74) is 2.17.